The van der Waals surface area contributed by atoms with E-state index in [2.05, 4.69) is 0 Å². The van der Waals surface area contributed by atoms with Gasteiger partial charge in [-0.3, -0.25) is 14.4 Å². The van der Waals surface area contributed by atoms with Gasteiger partial charge in [0.2, 0.25) is 0 Å². The summed E-state index contributed by atoms with van der Waals surface area (Å²) in [7, 11) is 0. The molecule has 7 nitrogen and oxygen atoms in total. The van der Waals surface area contributed by atoms with E-state index in [0.717, 1.165) is 4.57 Å². The molecular formula is C15H10N2O5. The van der Waals surface area contributed by atoms with Crippen molar-refractivity contribution in [3.63, 3.8) is 0 Å². The van der Waals surface area contributed by atoms with Crippen molar-refractivity contribution >= 4 is 17.8 Å². The van der Waals surface area contributed by atoms with Crippen LogP contribution in [0.15, 0.2) is 53.5 Å². The Morgan fingerprint density at radius 3 is 2.09 bits per heavy atom. The molecule has 2 aromatic rings. The number of pyridine rings is 1. The third-order valence-electron chi connectivity index (χ3n) is 3.15. The van der Waals surface area contributed by atoms with Crippen LogP contribution in [0.4, 0.5) is 0 Å². The van der Waals surface area contributed by atoms with Crippen LogP contribution in [0.2, 0.25) is 0 Å². The van der Waals surface area contributed by atoms with Crippen LogP contribution in [-0.4, -0.2) is 27.4 Å². The Morgan fingerprint density at radius 1 is 0.909 bits per heavy atom. The topological polar surface area (TPSA) is 85.7 Å². The van der Waals surface area contributed by atoms with Gasteiger partial charge in [0.15, 0.2) is 0 Å². The number of rotatable bonds is 3. The van der Waals surface area contributed by atoms with Gasteiger partial charge in [0.25, 0.3) is 17.4 Å². The molecule has 1 aromatic carbocycles. The number of hydrogen-bond donors (Lipinski definition) is 0. The van der Waals surface area contributed by atoms with Crippen molar-refractivity contribution in [2.45, 2.75) is 6.54 Å². The minimum absolute atomic E-state index is 0.178. The van der Waals surface area contributed by atoms with Gasteiger partial charge in [0.1, 0.15) is 6.54 Å². The molecule has 22 heavy (non-hydrogen) atoms. The molecule has 1 aliphatic rings. The quantitative estimate of drug-likeness (QED) is 0.775. The molecule has 0 atom stereocenters. The molecule has 3 rings (SSSR count). The van der Waals surface area contributed by atoms with Crippen LogP contribution in [0.3, 0.4) is 0 Å². The Balaban J connectivity index is 1.76. The van der Waals surface area contributed by atoms with Gasteiger partial charge >= 0.3 is 5.97 Å². The number of imide groups is 1. The Hall–Kier alpha value is -3.22. The van der Waals surface area contributed by atoms with Gasteiger partial charge in [-0.15, -0.1) is 0 Å². The van der Waals surface area contributed by atoms with Gasteiger partial charge in [-0.05, 0) is 18.2 Å². The van der Waals surface area contributed by atoms with Crippen LogP contribution >= 0.6 is 0 Å². The van der Waals surface area contributed by atoms with Crippen LogP contribution in [0.25, 0.3) is 0 Å². The first kappa shape index (κ1) is 13.7. The lowest BCUT2D eigenvalue weighted by Gasteiger charge is -2.13. The summed E-state index contributed by atoms with van der Waals surface area (Å²) in [5, 5.41) is 0.418. The van der Waals surface area contributed by atoms with E-state index in [-0.39, 0.29) is 16.7 Å². The Morgan fingerprint density at radius 2 is 1.50 bits per heavy atom. The molecule has 1 aromatic heterocycles. The molecule has 0 unspecified atom stereocenters. The fourth-order valence-corrected chi connectivity index (χ4v) is 2.11. The molecule has 0 radical (unpaired) electrons. The maximum absolute atomic E-state index is 12.0. The SMILES string of the molecule is O=C(Cn1ccccc1=O)ON1C(=O)c2ccccc2C1=O. The summed E-state index contributed by atoms with van der Waals surface area (Å²) < 4.78 is 1.11. The first-order valence-corrected chi connectivity index (χ1v) is 6.42. The van der Waals surface area contributed by atoms with E-state index < -0.39 is 24.3 Å². The number of fused-ring (bicyclic) bond motifs is 1. The zero-order chi connectivity index (χ0) is 15.7. The summed E-state index contributed by atoms with van der Waals surface area (Å²) in [6.45, 7) is -0.396. The van der Waals surface area contributed by atoms with Crippen molar-refractivity contribution in [3.8, 4) is 0 Å². The minimum Gasteiger partial charge on any atom is -0.328 e. The van der Waals surface area contributed by atoms with Crippen molar-refractivity contribution in [3.05, 3.63) is 70.1 Å². The molecule has 0 saturated carbocycles. The molecule has 0 bridgehead atoms. The second-order valence-electron chi connectivity index (χ2n) is 4.58. The average Bonchev–Trinajstić information content (AvgIpc) is 2.75. The fourth-order valence-electron chi connectivity index (χ4n) is 2.11. The maximum Gasteiger partial charge on any atom is 0.352 e. The minimum atomic E-state index is -0.886. The molecule has 0 spiro atoms. The van der Waals surface area contributed by atoms with Crippen molar-refractivity contribution in [2.24, 2.45) is 0 Å². The summed E-state index contributed by atoms with van der Waals surface area (Å²) in [5.74, 6) is -2.29. The molecule has 1 aliphatic heterocycles. The van der Waals surface area contributed by atoms with Gasteiger partial charge in [-0.2, -0.15) is 0 Å². The second-order valence-corrected chi connectivity index (χ2v) is 4.58. The van der Waals surface area contributed by atoms with Crippen molar-refractivity contribution < 1.29 is 19.2 Å². The molecule has 7 heteroatoms. The zero-order valence-corrected chi connectivity index (χ0v) is 11.3. The first-order valence-electron chi connectivity index (χ1n) is 6.42. The van der Waals surface area contributed by atoms with Crippen molar-refractivity contribution in [1.82, 2.24) is 9.63 Å². The van der Waals surface area contributed by atoms with E-state index in [1.54, 1.807) is 18.2 Å². The van der Waals surface area contributed by atoms with Crippen LogP contribution in [0.1, 0.15) is 20.7 Å². The molecule has 0 fully saturated rings. The summed E-state index contributed by atoms with van der Waals surface area (Å²) in [5.41, 5.74) is -0.0313. The van der Waals surface area contributed by atoms with Crippen molar-refractivity contribution in [1.29, 1.82) is 0 Å². The highest BCUT2D eigenvalue weighted by atomic mass is 16.7. The Labute approximate surface area is 124 Å². The number of hydroxylamine groups is 2. The van der Waals surface area contributed by atoms with Gasteiger partial charge in [-0.25, -0.2) is 4.79 Å². The molecule has 2 heterocycles. The highest BCUT2D eigenvalue weighted by Gasteiger charge is 2.38. The van der Waals surface area contributed by atoms with E-state index in [1.807, 2.05) is 0 Å². The number of carbonyl (C=O) groups excluding carboxylic acids is 3. The third-order valence-corrected chi connectivity index (χ3v) is 3.15. The van der Waals surface area contributed by atoms with E-state index in [9.17, 15) is 19.2 Å². The predicted molar refractivity (Wildman–Crippen MR) is 73.7 cm³/mol. The average molecular weight is 298 g/mol. The maximum atomic E-state index is 12.0. The number of benzene rings is 1. The number of carbonyl (C=O) groups is 3. The normalized spacial score (nSPS) is 13.2. The predicted octanol–water partition coefficient (Wildman–Crippen LogP) is 0.603. The lowest BCUT2D eigenvalue weighted by molar-refractivity contribution is -0.169. The highest BCUT2D eigenvalue weighted by molar-refractivity contribution is 6.20. The summed E-state index contributed by atoms with van der Waals surface area (Å²) in [6.07, 6.45) is 1.41. The number of hydrogen-bond acceptors (Lipinski definition) is 5. The Bertz CT molecular complexity index is 805. The van der Waals surface area contributed by atoms with Gasteiger partial charge < -0.3 is 9.40 Å². The molecule has 0 aliphatic carbocycles. The lowest BCUT2D eigenvalue weighted by atomic mass is 10.1. The number of nitrogens with zero attached hydrogens (tertiary/aromatic N) is 2. The second kappa shape index (κ2) is 5.28. The van der Waals surface area contributed by atoms with Crippen LogP contribution in [0, 0.1) is 0 Å². The standard InChI is InChI=1S/C15H10N2O5/c18-12-7-3-4-8-16(12)9-13(19)22-17-14(20)10-5-1-2-6-11(10)15(17)21/h1-8H,9H2. The fraction of sp³-hybridized carbons (Fsp3) is 0.0667. The Kier molecular flexibility index (Phi) is 3.30. The largest absolute Gasteiger partial charge is 0.352 e. The summed E-state index contributed by atoms with van der Waals surface area (Å²) in [4.78, 5) is 52.2. The van der Waals surface area contributed by atoms with Gasteiger partial charge in [0, 0.05) is 12.3 Å². The molecular weight excluding hydrogens is 288 g/mol. The lowest BCUT2D eigenvalue weighted by Crippen LogP contribution is -2.35. The smallest absolute Gasteiger partial charge is 0.328 e. The molecule has 0 N–H and O–H groups in total. The third kappa shape index (κ3) is 2.28. The summed E-state index contributed by atoms with van der Waals surface area (Å²) >= 11 is 0. The molecule has 110 valence electrons. The molecule has 0 saturated heterocycles. The van der Waals surface area contributed by atoms with E-state index in [1.165, 1.54) is 30.5 Å². The number of aromatic nitrogens is 1. The van der Waals surface area contributed by atoms with Crippen LogP contribution in [-0.2, 0) is 16.2 Å². The van der Waals surface area contributed by atoms with Crippen LogP contribution in [0.5, 0.6) is 0 Å². The van der Waals surface area contributed by atoms with E-state index in [4.69, 9.17) is 4.84 Å². The monoisotopic (exact) mass is 298 g/mol. The molecule has 2 amide bonds. The number of amides is 2. The van der Waals surface area contributed by atoms with Crippen LogP contribution < -0.4 is 5.56 Å². The highest BCUT2D eigenvalue weighted by Crippen LogP contribution is 2.22. The van der Waals surface area contributed by atoms with E-state index in [0.29, 0.717) is 5.06 Å². The summed E-state index contributed by atoms with van der Waals surface area (Å²) in [6, 6.07) is 10.6. The van der Waals surface area contributed by atoms with Gasteiger partial charge in [-0.1, -0.05) is 23.3 Å². The van der Waals surface area contributed by atoms with E-state index >= 15 is 0 Å². The van der Waals surface area contributed by atoms with Crippen molar-refractivity contribution in [2.75, 3.05) is 0 Å². The first-order chi connectivity index (χ1) is 10.6. The van der Waals surface area contributed by atoms with Gasteiger partial charge in [0.05, 0.1) is 11.1 Å². The zero-order valence-electron chi connectivity index (χ0n) is 11.3.